The molecule has 0 radical (unpaired) electrons. The fraction of sp³-hybridized carbons (Fsp3) is 0.588. The number of aliphatic imine (C=N–C) groups is 1. The van der Waals surface area contributed by atoms with E-state index in [0.717, 1.165) is 12.5 Å². The Hall–Kier alpha value is -1.50. The van der Waals surface area contributed by atoms with Crippen LogP contribution in [0.25, 0.3) is 0 Å². The zero-order valence-corrected chi connectivity index (χ0v) is 19.1. The van der Waals surface area contributed by atoms with E-state index in [9.17, 15) is 18.0 Å². The van der Waals surface area contributed by atoms with Crippen molar-refractivity contribution in [1.82, 2.24) is 20.5 Å². The zero-order chi connectivity index (χ0) is 20.7. The first-order valence-electron chi connectivity index (χ1n) is 8.85. The van der Waals surface area contributed by atoms with Gasteiger partial charge in [0.05, 0.1) is 12.1 Å². The average Bonchev–Trinajstić information content (AvgIpc) is 3.12. The predicted molar refractivity (Wildman–Crippen MR) is 115 cm³/mol. The summed E-state index contributed by atoms with van der Waals surface area (Å²) in [5.41, 5.74) is -0.931. The number of alkyl halides is 3. The van der Waals surface area contributed by atoms with Crippen LogP contribution in [-0.4, -0.2) is 61.1 Å². The monoisotopic (exact) mass is 549 g/mol. The van der Waals surface area contributed by atoms with Crippen LogP contribution < -0.4 is 15.4 Å². The lowest BCUT2D eigenvalue weighted by Crippen LogP contribution is -2.46. The fourth-order valence-corrected chi connectivity index (χ4v) is 2.94. The third-order valence-corrected chi connectivity index (χ3v) is 4.45. The largest absolute Gasteiger partial charge is 0.475 e. The highest BCUT2D eigenvalue weighted by Crippen LogP contribution is 2.32. The van der Waals surface area contributed by atoms with E-state index in [4.69, 9.17) is 16.3 Å². The van der Waals surface area contributed by atoms with Crippen molar-refractivity contribution in [2.75, 3.05) is 33.3 Å². The lowest BCUT2D eigenvalue weighted by molar-refractivity contribution is -0.137. The van der Waals surface area contributed by atoms with Crippen molar-refractivity contribution in [3.05, 3.63) is 22.8 Å². The molecule has 1 aliphatic rings. The zero-order valence-electron chi connectivity index (χ0n) is 16.1. The van der Waals surface area contributed by atoms with Gasteiger partial charge in [0.15, 0.2) is 5.96 Å². The molecule has 1 saturated heterocycles. The summed E-state index contributed by atoms with van der Waals surface area (Å²) in [6.07, 6.45) is -2.52. The minimum atomic E-state index is -4.51. The van der Waals surface area contributed by atoms with E-state index < -0.39 is 11.7 Å². The molecule has 29 heavy (non-hydrogen) atoms. The van der Waals surface area contributed by atoms with Gasteiger partial charge in [-0.25, -0.2) is 4.98 Å². The van der Waals surface area contributed by atoms with Crippen molar-refractivity contribution in [3.63, 3.8) is 0 Å². The molecule has 1 fully saturated rings. The predicted octanol–water partition coefficient (Wildman–Crippen LogP) is 2.93. The Morgan fingerprint density at radius 2 is 2.21 bits per heavy atom. The van der Waals surface area contributed by atoms with Crippen LogP contribution in [0, 0.1) is 0 Å². The van der Waals surface area contributed by atoms with Crippen LogP contribution in [0.1, 0.15) is 25.3 Å². The number of aromatic nitrogens is 1. The van der Waals surface area contributed by atoms with Crippen LogP contribution in [0.5, 0.6) is 5.88 Å². The van der Waals surface area contributed by atoms with Gasteiger partial charge in [-0.15, -0.1) is 24.0 Å². The second-order valence-electron chi connectivity index (χ2n) is 6.18. The second kappa shape index (κ2) is 11.6. The molecule has 0 aromatic carbocycles. The lowest BCUT2D eigenvalue weighted by atomic mass is 10.3. The molecule has 0 saturated carbocycles. The number of carbonyl (C=O) groups excluding carboxylic acids is 1. The van der Waals surface area contributed by atoms with Crippen molar-refractivity contribution < 1.29 is 22.7 Å². The van der Waals surface area contributed by atoms with Crippen LogP contribution in [0.2, 0.25) is 5.02 Å². The van der Waals surface area contributed by atoms with Crippen molar-refractivity contribution in [1.29, 1.82) is 0 Å². The van der Waals surface area contributed by atoms with Gasteiger partial charge in [0.1, 0.15) is 11.6 Å². The summed E-state index contributed by atoms with van der Waals surface area (Å²) in [6.45, 7) is 3.63. The molecule has 164 valence electrons. The van der Waals surface area contributed by atoms with Gasteiger partial charge in [-0.05, 0) is 12.5 Å². The molecular weight excluding hydrogens is 526 g/mol. The van der Waals surface area contributed by atoms with Gasteiger partial charge in [-0.3, -0.25) is 9.79 Å². The molecule has 0 spiro atoms. The number of rotatable bonds is 6. The smallest absolute Gasteiger partial charge is 0.417 e. The highest BCUT2D eigenvalue weighted by molar-refractivity contribution is 14.0. The number of nitrogens with zero attached hydrogens (tertiary/aromatic N) is 3. The molecule has 1 unspecified atom stereocenters. The first-order valence-corrected chi connectivity index (χ1v) is 9.22. The number of guanidine groups is 1. The summed E-state index contributed by atoms with van der Waals surface area (Å²) in [5.74, 6) is 0.608. The van der Waals surface area contributed by atoms with Crippen LogP contribution >= 0.6 is 35.6 Å². The van der Waals surface area contributed by atoms with E-state index in [1.807, 2.05) is 11.8 Å². The molecule has 2 N–H and O–H groups in total. The topological polar surface area (TPSA) is 78.9 Å². The number of hydrogen-bond donors (Lipinski definition) is 2. The van der Waals surface area contributed by atoms with Gasteiger partial charge < -0.3 is 20.3 Å². The maximum atomic E-state index is 12.6. The number of halogens is 5. The summed E-state index contributed by atoms with van der Waals surface area (Å²) in [4.78, 5) is 21.3. The average molecular weight is 550 g/mol. The number of nitrogens with one attached hydrogen (secondary N) is 2. The Kier molecular flexibility index (Phi) is 10.2. The number of amides is 1. The van der Waals surface area contributed by atoms with E-state index in [0.29, 0.717) is 38.2 Å². The van der Waals surface area contributed by atoms with Gasteiger partial charge in [0.25, 0.3) is 0 Å². The van der Waals surface area contributed by atoms with E-state index in [-0.39, 0.29) is 53.4 Å². The highest BCUT2D eigenvalue weighted by Gasteiger charge is 2.31. The van der Waals surface area contributed by atoms with E-state index >= 15 is 0 Å². The molecule has 1 amide bonds. The number of ether oxygens (including phenoxy) is 1. The third kappa shape index (κ3) is 7.68. The summed E-state index contributed by atoms with van der Waals surface area (Å²) in [5, 5.41) is 6.07. The van der Waals surface area contributed by atoms with Crippen LogP contribution in [0.3, 0.4) is 0 Å². The lowest BCUT2D eigenvalue weighted by Gasteiger charge is -2.18. The van der Waals surface area contributed by atoms with E-state index in [2.05, 4.69) is 20.6 Å². The summed E-state index contributed by atoms with van der Waals surface area (Å²) in [7, 11) is 1.62. The van der Waals surface area contributed by atoms with Crippen molar-refractivity contribution in [3.8, 4) is 5.88 Å². The van der Waals surface area contributed by atoms with Crippen molar-refractivity contribution >= 4 is 47.4 Å². The normalized spacial score (nSPS) is 17.0. The Bertz CT molecular complexity index is 721. The number of pyridine rings is 1. The van der Waals surface area contributed by atoms with Gasteiger partial charge in [0, 0.05) is 38.8 Å². The minimum absolute atomic E-state index is 0. The summed E-state index contributed by atoms with van der Waals surface area (Å²) in [6, 6.07) is 0.884. The third-order valence-electron chi connectivity index (χ3n) is 4.18. The Morgan fingerprint density at radius 3 is 2.79 bits per heavy atom. The standard InChI is InChI=1S/C17H23ClF3N5O2.HI/c1-3-14(27)26-6-4-12(10-26)25-16(22-2)23-5-7-28-15-13(18)8-11(9-24-15)17(19,20)21;/h8-9,12H,3-7,10H2,1-2H3,(H2,22,23,25);1H. The van der Waals surface area contributed by atoms with Crippen LogP contribution in [0.4, 0.5) is 13.2 Å². The molecule has 2 heterocycles. The van der Waals surface area contributed by atoms with Crippen LogP contribution in [-0.2, 0) is 11.0 Å². The molecule has 1 atom stereocenters. The highest BCUT2D eigenvalue weighted by atomic mass is 127. The van der Waals surface area contributed by atoms with Gasteiger partial charge in [-0.1, -0.05) is 18.5 Å². The molecule has 7 nitrogen and oxygen atoms in total. The Morgan fingerprint density at radius 1 is 1.48 bits per heavy atom. The van der Waals surface area contributed by atoms with E-state index in [1.165, 1.54) is 0 Å². The maximum absolute atomic E-state index is 12.6. The first kappa shape index (κ1) is 25.5. The minimum Gasteiger partial charge on any atom is -0.475 e. The number of carbonyl (C=O) groups is 1. The maximum Gasteiger partial charge on any atom is 0.417 e. The van der Waals surface area contributed by atoms with E-state index in [1.54, 1.807) is 7.05 Å². The second-order valence-corrected chi connectivity index (χ2v) is 6.59. The van der Waals surface area contributed by atoms with Crippen LogP contribution in [0.15, 0.2) is 17.3 Å². The molecule has 1 aliphatic heterocycles. The molecule has 1 aromatic heterocycles. The number of hydrogen-bond acceptors (Lipinski definition) is 4. The van der Waals surface area contributed by atoms with Crippen molar-refractivity contribution in [2.45, 2.75) is 32.0 Å². The van der Waals surface area contributed by atoms with Gasteiger partial charge in [0.2, 0.25) is 11.8 Å². The number of likely N-dealkylation sites (tertiary alicyclic amines) is 1. The van der Waals surface area contributed by atoms with Crippen molar-refractivity contribution in [2.24, 2.45) is 4.99 Å². The van der Waals surface area contributed by atoms with Gasteiger partial charge >= 0.3 is 6.18 Å². The molecule has 2 rings (SSSR count). The SMILES string of the molecule is CCC(=O)N1CCC(NC(=NC)NCCOc2ncc(C(F)(F)F)cc2Cl)C1.I. The molecule has 0 bridgehead atoms. The summed E-state index contributed by atoms with van der Waals surface area (Å²) < 4.78 is 43.1. The fourth-order valence-electron chi connectivity index (χ4n) is 2.72. The summed E-state index contributed by atoms with van der Waals surface area (Å²) >= 11 is 5.79. The molecule has 1 aromatic rings. The molecular formula is C17H24ClF3IN5O2. The quantitative estimate of drug-likeness (QED) is 0.247. The molecule has 12 heteroatoms. The van der Waals surface area contributed by atoms with Gasteiger partial charge in [-0.2, -0.15) is 13.2 Å². The first-order chi connectivity index (χ1) is 13.2. The molecule has 0 aliphatic carbocycles. The Balaban J connectivity index is 0.00000420. The Labute approximate surface area is 189 Å².